The van der Waals surface area contributed by atoms with E-state index in [1.54, 1.807) is 0 Å². The number of aryl methyl sites for hydroxylation is 1. The lowest BCUT2D eigenvalue weighted by Crippen LogP contribution is -2.52. The molecular weight excluding hydrogens is 312 g/mol. The number of nitrogens with zero attached hydrogens (tertiary/aromatic N) is 3. The van der Waals surface area contributed by atoms with E-state index in [1.807, 2.05) is 4.90 Å². The molecular formula is C17H31ClN4O. The van der Waals surface area contributed by atoms with E-state index < -0.39 is 0 Å². The van der Waals surface area contributed by atoms with Crippen LogP contribution in [0.1, 0.15) is 44.1 Å². The number of halogens is 1. The molecule has 0 aromatic carbocycles. The van der Waals surface area contributed by atoms with E-state index in [9.17, 15) is 4.79 Å². The molecule has 1 aliphatic heterocycles. The molecule has 1 amide bonds. The molecule has 132 valence electrons. The van der Waals surface area contributed by atoms with Gasteiger partial charge in [0.05, 0.1) is 5.69 Å². The van der Waals surface area contributed by atoms with Crippen molar-refractivity contribution in [3.63, 3.8) is 0 Å². The van der Waals surface area contributed by atoms with E-state index in [1.165, 1.54) is 11.3 Å². The Balaban J connectivity index is 0.00000264. The van der Waals surface area contributed by atoms with Gasteiger partial charge >= 0.3 is 0 Å². The molecule has 0 unspecified atom stereocenters. The van der Waals surface area contributed by atoms with E-state index in [2.05, 4.69) is 49.7 Å². The Kier molecular flexibility index (Phi) is 7.55. The number of carbonyl (C=O) groups is 1. The minimum atomic E-state index is 0. The Morgan fingerprint density at radius 3 is 2.70 bits per heavy atom. The number of nitrogens with one attached hydrogen (secondary N) is 1. The molecule has 0 spiro atoms. The highest BCUT2D eigenvalue weighted by atomic mass is 35.5. The number of carbonyl (C=O) groups excluding carboxylic acids is 1. The highest BCUT2D eigenvalue weighted by molar-refractivity contribution is 5.85. The highest BCUT2D eigenvalue weighted by Crippen LogP contribution is 2.17. The summed E-state index contributed by atoms with van der Waals surface area (Å²) in [5.41, 5.74) is 3.53. The van der Waals surface area contributed by atoms with Crippen LogP contribution in [0, 0.1) is 19.8 Å². The van der Waals surface area contributed by atoms with Crippen LogP contribution in [0.25, 0.3) is 0 Å². The Bertz CT molecular complexity index is 527. The summed E-state index contributed by atoms with van der Waals surface area (Å²) in [6.07, 6.45) is 1.38. The van der Waals surface area contributed by atoms with Gasteiger partial charge in [0.1, 0.15) is 0 Å². The fraction of sp³-hybridized carbons (Fsp3) is 0.765. The van der Waals surface area contributed by atoms with Crippen molar-refractivity contribution < 1.29 is 4.79 Å². The largest absolute Gasteiger partial charge is 0.337 e. The van der Waals surface area contributed by atoms with Gasteiger partial charge in [0.25, 0.3) is 0 Å². The normalized spacial score (nSPS) is 18.2. The lowest BCUT2D eigenvalue weighted by Gasteiger charge is -2.34. The summed E-state index contributed by atoms with van der Waals surface area (Å²) in [6, 6.07) is 0.298. The zero-order valence-corrected chi connectivity index (χ0v) is 15.9. The van der Waals surface area contributed by atoms with Gasteiger partial charge in [-0.25, -0.2) is 0 Å². The topological polar surface area (TPSA) is 50.2 Å². The van der Waals surface area contributed by atoms with E-state index in [0.29, 0.717) is 18.4 Å². The smallest absolute Gasteiger partial charge is 0.223 e. The van der Waals surface area contributed by atoms with E-state index in [0.717, 1.165) is 38.3 Å². The Morgan fingerprint density at radius 1 is 1.39 bits per heavy atom. The maximum absolute atomic E-state index is 12.5. The molecule has 0 saturated carbocycles. The average molecular weight is 343 g/mol. The molecule has 1 atom stereocenters. The van der Waals surface area contributed by atoms with Crippen LogP contribution >= 0.6 is 12.4 Å². The van der Waals surface area contributed by atoms with Crippen molar-refractivity contribution >= 4 is 18.3 Å². The van der Waals surface area contributed by atoms with Crippen molar-refractivity contribution in [3.8, 4) is 0 Å². The third-order valence-corrected chi connectivity index (χ3v) is 4.48. The monoisotopic (exact) mass is 342 g/mol. The second kappa shape index (κ2) is 8.69. The van der Waals surface area contributed by atoms with Crippen LogP contribution in [0.15, 0.2) is 0 Å². The van der Waals surface area contributed by atoms with Crippen molar-refractivity contribution in [2.75, 3.05) is 19.6 Å². The summed E-state index contributed by atoms with van der Waals surface area (Å²) in [5, 5.41) is 7.96. The lowest BCUT2D eigenvalue weighted by molar-refractivity contribution is -0.133. The molecule has 1 saturated heterocycles. The van der Waals surface area contributed by atoms with E-state index in [4.69, 9.17) is 0 Å². The van der Waals surface area contributed by atoms with Gasteiger partial charge in [-0.1, -0.05) is 13.8 Å². The predicted molar refractivity (Wildman–Crippen MR) is 96.2 cm³/mol. The maximum Gasteiger partial charge on any atom is 0.223 e. The van der Waals surface area contributed by atoms with Crippen molar-refractivity contribution in [2.45, 2.75) is 60.0 Å². The molecule has 2 rings (SSSR count). The van der Waals surface area contributed by atoms with Crippen LogP contribution in [0.4, 0.5) is 0 Å². The summed E-state index contributed by atoms with van der Waals surface area (Å²) in [7, 11) is 0. The first kappa shape index (κ1) is 20.0. The quantitative estimate of drug-likeness (QED) is 0.893. The first-order valence-corrected chi connectivity index (χ1v) is 8.43. The van der Waals surface area contributed by atoms with Crippen molar-refractivity contribution in [1.82, 2.24) is 20.0 Å². The van der Waals surface area contributed by atoms with Crippen molar-refractivity contribution in [2.24, 2.45) is 5.92 Å². The summed E-state index contributed by atoms with van der Waals surface area (Å²) in [4.78, 5) is 14.5. The minimum Gasteiger partial charge on any atom is -0.337 e. The average Bonchev–Trinajstić information content (AvgIpc) is 2.71. The van der Waals surface area contributed by atoms with E-state index in [-0.39, 0.29) is 18.3 Å². The molecule has 23 heavy (non-hydrogen) atoms. The molecule has 1 aliphatic rings. The minimum absolute atomic E-state index is 0. The summed E-state index contributed by atoms with van der Waals surface area (Å²) in [5.74, 6) is 0.846. The summed E-state index contributed by atoms with van der Waals surface area (Å²) >= 11 is 0. The van der Waals surface area contributed by atoms with Gasteiger partial charge in [0, 0.05) is 44.3 Å². The van der Waals surface area contributed by atoms with Gasteiger partial charge in [-0.3, -0.25) is 9.48 Å². The molecule has 0 bridgehead atoms. The van der Waals surface area contributed by atoms with E-state index >= 15 is 0 Å². The van der Waals surface area contributed by atoms with Gasteiger partial charge in [-0.15, -0.1) is 12.4 Å². The molecule has 1 aromatic rings. The van der Waals surface area contributed by atoms with Crippen LogP contribution in [-0.2, 0) is 17.8 Å². The maximum atomic E-state index is 12.5. The van der Waals surface area contributed by atoms with Crippen molar-refractivity contribution in [3.05, 3.63) is 17.0 Å². The van der Waals surface area contributed by atoms with Gasteiger partial charge in [-0.2, -0.15) is 5.10 Å². The molecule has 1 fully saturated rings. The first-order chi connectivity index (χ1) is 10.4. The standard InChI is InChI=1S/C17H30N4O.ClH/c1-12(2)11-21-15(5)16(14(4)19-21)6-7-17(22)20-9-8-18-10-13(20)3;/h12-13,18H,6-11H2,1-5H3;1H/t13-;/m1./s1. The summed E-state index contributed by atoms with van der Waals surface area (Å²) < 4.78 is 2.09. The Hall–Kier alpha value is -1.07. The van der Waals surface area contributed by atoms with Gasteiger partial charge in [0.15, 0.2) is 0 Å². The van der Waals surface area contributed by atoms with Gasteiger partial charge in [-0.05, 0) is 38.7 Å². The molecule has 1 aromatic heterocycles. The number of rotatable bonds is 5. The fourth-order valence-corrected chi connectivity index (χ4v) is 3.21. The zero-order valence-electron chi connectivity index (χ0n) is 15.1. The number of aromatic nitrogens is 2. The van der Waals surface area contributed by atoms with Crippen LogP contribution in [0.3, 0.4) is 0 Å². The Labute approximate surface area is 146 Å². The fourth-order valence-electron chi connectivity index (χ4n) is 3.21. The summed E-state index contributed by atoms with van der Waals surface area (Å²) in [6.45, 7) is 14.3. The third kappa shape index (κ3) is 4.95. The molecule has 0 radical (unpaired) electrons. The van der Waals surface area contributed by atoms with Crippen LogP contribution in [-0.4, -0.2) is 46.3 Å². The molecule has 2 heterocycles. The predicted octanol–water partition coefficient (Wildman–Crippen LogP) is 2.33. The molecule has 5 nitrogen and oxygen atoms in total. The second-order valence-corrected chi connectivity index (χ2v) is 6.87. The molecule has 6 heteroatoms. The van der Waals surface area contributed by atoms with Crippen molar-refractivity contribution in [1.29, 1.82) is 0 Å². The number of hydrogen-bond acceptors (Lipinski definition) is 3. The van der Waals surface area contributed by atoms with Gasteiger partial charge in [0.2, 0.25) is 5.91 Å². The first-order valence-electron chi connectivity index (χ1n) is 8.43. The molecule has 1 N–H and O–H groups in total. The van der Waals surface area contributed by atoms with Gasteiger partial charge < -0.3 is 10.2 Å². The third-order valence-electron chi connectivity index (χ3n) is 4.48. The Morgan fingerprint density at radius 2 is 2.09 bits per heavy atom. The molecule has 0 aliphatic carbocycles. The van der Waals surface area contributed by atoms with Crippen LogP contribution in [0.5, 0.6) is 0 Å². The number of amides is 1. The van der Waals surface area contributed by atoms with Crippen LogP contribution < -0.4 is 5.32 Å². The number of piperazine rings is 1. The highest BCUT2D eigenvalue weighted by Gasteiger charge is 2.23. The SMILES string of the molecule is Cc1nn(CC(C)C)c(C)c1CCC(=O)N1CCNC[C@H]1C.Cl. The number of hydrogen-bond donors (Lipinski definition) is 1. The second-order valence-electron chi connectivity index (χ2n) is 6.87. The van der Waals surface area contributed by atoms with Crippen LogP contribution in [0.2, 0.25) is 0 Å². The zero-order chi connectivity index (χ0) is 16.3. The lowest BCUT2D eigenvalue weighted by atomic mass is 10.1.